The van der Waals surface area contributed by atoms with Crippen LogP contribution in [0.3, 0.4) is 0 Å². The van der Waals surface area contributed by atoms with E-state index in [0.717, 1.165) is 6.54 Å². The Kier molecular flexibility index (Phi) is 3.90. The van der Waals surface area contributed by atoms with Crippen LogP contribution in [0.1, 0.15) is 17.4 Å². The molecule has 0 bridgehead atoms. The fraction of sp³-hybridized carbons (Fsp3) is 0.538. The average Bonchev–Trinajstić information content (AvgIpc) is 2.80. The van der Waals surface area contributed by atoms with Crippen LogP contribution in [-0.4, -0.2) is 64.1 Å². The van der Waals surface area contributed by atoms with Crippen LogP contribution >= 0.6 is 0 Å². The molecule has 0 aliphatic carbocycles. The fourth-order valence-corrected chi connectivity index (χ4v) is 2.27. The molecule has 1 saturated heterocycles. The molecule has 1 aromatic rings. The maximum Gasteiger partial charge on any atom is 0.352 e. The summed E-state index contributed by atoms with van der Waals surface area (Å²) in [5.74, 6) is -1.04. The van der Waals surface area contributed by atoms with Gasteiger partial charge in [0, 0.05) is 31.9 Å². The average molecular weight is 265 g/mol. The van der Waals surface area contributed by atoms with E-state index in [4.69, 9.17) is 5.11 Å². The fourth-order valence-electron chi connectivity index (χ4n) is 2.27. The minimum absolute atomic E-state index is 0.0290. The molecule has 0 spiro atoms. The van der Waals surface area contributed by atoms with Gasteiger partial charge in [0.15, 0.2) is 0 Å². The van der Waals surface area contributed by atoms with Gasteiger partial charge in [0.05, 0.1) is 0 Å². The highest BCUT2D eigenvalue weighted by Gasteiger charge is 2.24. The zero-order valence-corrected chi connectivity index (χ0v) is 11.2. The van der Waals surface area contributed by atoms with Crippen molar-refractivity contribution < 1.29 is 14.7 Å². The van der Waals surface area contributed by atoms with Gasteiger partial charge < -0.3 is 19.5 Å². The van der Waals surface area contributed by atoms with Crippen LogP contribution in [0, 0.1) is 0 Å². The van der Waals surface area contributed by atoms with Gasteiger partial charge in [-0.3, -0.25) is 4.79 Å². The van der Waals surface area contributed by atoms with Crippen LogP contribution < -0.4 is 0 Å². The first-order valence-electron chi connectivity index (χ1n) is 6.35. The topological polar surface area (TPSA) is 65.8 Å². The highest BCUT2D eigenvalue weighted by molar-refractivity contribution is 5.86. The number of hydrogen-bond acceptors (Lipinski definition) is 3. The lowest BCUT2D eigenvalue weighted by atomic mass is 10.2. The van der Waals surface area contributed by atoms with Crippen molar-refractivity contribution in [3.05, 3.63) is 24.0 Å². The molecule has 104 valence electrons. The van der Waals surface area contributed by atoms with E-state index >= 15 is 0 Å². The lowest BCUT2D eigenvalue weighted by Crippen LogP contribution is -2.52. The van der Waals surface area contributed by atoms with E-state index in [1.165, 1.54) is 10.6 Å². The Morgan fingerprint density at radius 3 is 2.79 bits per heavy atom. The van der Waals surface area contributed by atoms with Crippen molar-refractivity contribution in [2.75, 3.05) is 26.7 Å². The molecule has 1 aromatic heterocycles. The Hall–Kier alpha value is -1.82. The first kappa shape index (κ1) is 13.6. The Balaban J connectivity index is 2.01. The van der Waals surface area contributed by atoms with Gasteiger partial charge in [0.1, 0.15) is 12.2 Å². The van der Waals surface area contributed by atoms with E-state index in [1.54, 1.807) is 17.2 Å². The molecule has 0 saturated carbocycles. The number of nitrogens with zero attached hydrogens (tertiary/aromatic N) is 3. The standard InChI is InChI=1S/C13H19N3O3/c1-10-8-16(7-6-14(10)2)12(17)9-15-5-3-4-11(15)13(18)19/h3-5,10H,6-9H2,1-2H3,(H,18,19). The molecule has 0 radical (unpaired) electrons. The highest BCUT2D eigenvalue weighted by Crippen LogP contribution is 2.09. The number of hydrogen-bond donors (Lipinski definition) is 1. The predicted molar refractivity (Wildman–Crippen MR) is 70.1 cm³/mol. The van der Waals surface area contributed by atoms with Gasteiger partial charge in [-0.1, -0.05) is 0 Å². The molecule has 1 aliphatic rings. The number of aromatic nitrogens is 1. The molecule has 1 atom stereocenters. The van der Waals surface area contributed by atoms with Gasteiger partial charge in [0.2, 0.25) is 5.91 Å². The highest BCUT2D eigenvalue weighted by atomic mass is 16.4. The van der Waals surface area contributed by atoms with Crippen LogP contribution in [0.25, 0.3) is 0 Å². The zero-order valence-electron chi connectivity index (χ0n) is 11.2. The second kappa shape index (κ2) is 5.44. The molecule has 6 nitrogen and oxygen atoms in total. The van der Waals surface area contributed by atoms with Crippen molar-refractivity contribution >= 4 is 11.9 Å². The van der Waals surface area contributed by atoms with Crippen molar-refractivity contribution in [3.8, 4) is 0 Å². The van der Waals surface area contributed by atoms with E-state index in [9.17, 15) is 9.59 Å². The van der Waals surface area contributed by atoms with Crippen molar-refractivity contribution in [2.24, 2.45) is 0 Å². The van der Waals surface area contributed by atoms with Gasteiger partial charge in [-0.25, -0.2) is 4.79 Å². The number of likely N-dealkylation sites (N-methyl/N-ethyl adjacent to an activating group) is 1. The van der Waals surface area contributed by atoms with E-state index < -0.39 is 5.97 Å². The minimum Gasteiger partial charge on any atom is -0.477 e. The van der Waals surface area contributed by atoms with E-state index in [-0.39, 0.29) is 18.1 Å². The first-order valence-corrected chi connectivity index (χ1v) is 6.35. The molecular weight excluding hydrogens is 246 g/mol. The number of piperazine rings is 1. The third-order valence-corrected chi connectivity index (χ3v) is 3.67. The van der Waals surface area contributed by atoms with Crippen LogP contribution in [-0.2, 0) is 11.3 Å². The number of carboxylic acids is 1. The van der Waals surface area contributed by atoms with Crippen LogP contribution in [0.2, 0.25) is 0 Å². The summed E-state index contributed by atoms with van der Waals surface area (Å²) in [5.41, 5.74) is 0.149. The number of amides is 1. The van der Waals surface area contributed by atoms with Crippen molar-refractivity contribution in [2.45, 2.75) is 19.5 Å². The van der Waals surface area contributed by atoms with Gasteiger partial charge in [-0.05, 0) is 26.1 Å². The van der Waals surface area contributed by atoms with Crippen molar-refractivity contribution in [1.29, 1.82) is 0 Å². The number of aromatic carboxylic acids is 1. The van der Waals surface area contributed by atoms with Gasteiger partial charge in [-0.15, -0.1) is 0 Å². The molecule has 0 aromatic carbocycles. The smallest absolute Gasteiger partial charge is 0.352 e. The Morgan fingerprint density at radius 2 is 2.16 bits per heavy atom. The van der Waals surface area contributed by atoms with Crippen LogP contribution in [0.5, 0.6) is 0 Å². The summed E-state index contributed by atoms with van der Waals surface area (Å²) in [4.78, 5) is 27.2. The molecule has 1 N–H and O–H groups in total. The maximum absolute atomic E-state index is 12.2. The summed E-state index contributed by atoms with van der Waals surface area (Å²) in [7, 11) is 2.04. The summed E-state index contributed by atoms with van der Waals surface area (Å²) in [6.07, 6.45) is 1.63. The van der Waals surface area contributed by atoms with Crippen molar-refractivity contribution in [1.82, 2.24) is 14.4 Å². The van der Waals surface area contributed by atoms with Gasteiger partial charge >= 0.3 is 5.97 Å². The third kappa shape index (κ3) is 2.96. The van der Waals surface area contributed by atoms with Crippen molar-refractivity contribution in [3.63, 3.8) is 0 Å². The molecule has 2 rings (SSSR count). The van der Waals surface area contributed by atoms with E-state index in [0.29, 0.717) is 19.1 Å². The largest absolute Gasteiger partial charge is 0.477 e. The molecule has 2 heterocycles. The molecule has 1 aliphatic heterocycles. The molecule has 1 fully saturated rings. The lowest BCUT2D eigenvalue weighted by Gasteiger charge is -2.37. The number of rotatable bonds is 3. The Morgan fingerprint density at radius 1 is 1.42 bits per heavy atom. The van der Waals surface area contributed by atoms with Gasteiger partial charge in [-0.2, -0.15) is 0 Å². The Bertz CT molecular complexity index is 483. The summed E-state index contributed by atoms with van der Waals surface area (Å²) in [6, 6.07) is 3.48. The molecular formula is C13H19N3O3. The Labute approximate surface area is 112 Å². The summed E-state index contributed by atoms with van der Waals surface area (Å²) >= 11 is 0. The molecule has 6 heteroatoms. The second-order valence-corrected chi connectivity index (χ2v) is 5.00. The molecule has 19 heavy (non-hydrogen) atoms. The number of carboxylic acid groups (broad SMARTS) is 1. The van der Waals surface area contributed by atoms with E-state index in [1.807, 2.05) is 7.05 Å². The SMILES string of the molecule is CC1CN(C(=O)Cn2cccc2C(=O)O)CCN1C. The maximum atomic E-state index is 12.2. The third-order valence-electron chi connectivity index (χ3n) is 3.67. The zero-order chi connectivity index (χ0) is 14.0. The normalized spacial score (nSPS) is 20.5. The summed E-state index contributed by atoms with van der Waals surface area (Å²) in [5, 5.41) is 9.00. The minimum atomic E-state index is -1.01. The number of carbonyl (C=O) groups excluding carboxylic acids is 1. The number of carbonyl (C=O) groups is 2. The molecule has 1 unspecified atom stereocenters. The first-order chi connectivity index (χ1) is 8.99. The van der Waals surface area contributed by atoms with Crippen LogP contribution in [0.4, 0.5) is 0 Å². The lowest BCUT2D eigenvalue weighted by molar-refractivity contribution is -0.134. The van der Waals surface area contributed by atoms with E-state index in [2.05, 4.69) is 11.8 Å². The quantitative estimate of drug-likeness (QED) is 0.856. The summed E-state index contributed by atoms with van der Waals surface area (Å²) in [6.45, 7) is 4.41. The summed E-state index contributed by atoms with van der Waals surface area (Å²) < 4.78 is 1.48. The molecule has 1 amide bonds. The van der Waals surface area contributed by atoms with Crippen LogP contribution in [0.15, 0.2) is 18.3 Å². The predicted octanol–water partition coefficient (Wildman–Crippen LogP) is 0.349. The second-order valence-electron chi connectivity index (χ2n) is 5.00. The monoisotopic (exact) mass is 265 g/mol. The van der Waals surface area contributed by atoms with Gasteiger partial charge in [0.25, 0.3) is 0 Å².